The predicted octanol–water partition coefficient (Wildman–Crippen LogP) is 6.47. The van der Waals surface area contributed by atoms with E-state index in [0.29, 0.717) is 22.8 Å². The van der Waals surface area contributed by atoms with Crippen LogP contribution in [0.2, 0.25) is 0 Å². The quantitative estimate of drug-likeness (QED) is 0.415. The van der Waals surface area contributed by atoms with E-state index in [0.717, 1.165) is 23.3 Å². The first-order valence-corrected chi connectivity index (χ1v) is 9.17. The predicted molar refractivity (Wildman–Crippen MR) is 111 cm³/mol. The Balaban J connectivity index is 1.60. The van der Waals surface area contributed by atoms with Crippen molar-refractivity contribution in [2.75, 3.05) is 14.2 Å². The maximum absolute atomic E-state index is 12.6. The number of hydrogen-bond donors (Lipinski definition) is 0. The van der Waals surface area contributed by atoms with E-state index in [9.17, 15) is 13.2 Å². The van der Waals surface area contributed by atoms with Crippen molar-refractivity contribution in [3.8, 4) is 17.2 Å². The molecular formula is C24H21F3O3. The molecule has 0 amide bonds. The van der Waals surface area contributed by atoms with Crippen LogP contribution in [-0.2, 0) is 12.8 Å². The number of alkyl halides is 3. The Morgan fingerprint density at radius 3 is 1.80 bits per heavy atom. The van der Waals surface area contributed by atoms with E-state index in [1.807, 2.05) is 48.6 Å². The molecule has 0 bridgehead atoms. The summed E-state index contributed by atoms with van der Waals surface area (Å²) in [5.74, 6) is 2.05. The van der Waals surface area contributed by atoms with Gasteiger partial charge in [-0.2, -0.15) is 13.2 Å². The molecule has 0 saturated carbocycles. The molecule has 3 nitrogen and oxygen atoms in total. The Labute approximate surface area is 173 Å². The summed E-state index contributed by atoms with van der Waals surface area (Å²) in [4.78, 5) is 0. The molecule has 3 aromatic rings. The first-order chi connectivity index (χ1) is 14.4. The molecule has 156 valence electrons. The van der Waals surface area contributed by atoms with Gasteiger partial charge in [-0.1, -0.05) is 36.4 Å². The van der Waals surface area contributed by atoms with Gasteiger partial charge in [-0.15, -0.1) is 0 Å². The lowest BCUT2D eigenvalue weighted by atomic mass is 10.1. The number of halogens is 3. The summed E-state index contributed by atoms with van der Waals surface area (Å²) in [6.45, 7) is 0.191. The van der Waals surface area contributed by atoms with Gasteiger partial charge in [0.05, 0.1) is 19.8 Å². The first kappa shape index (κ1) is 21.3. The SMILES string of the molecule is COc1cc(/C=C/c2ccc(OCc3ccc(C(F)(F)F)cc3)cc2)cc(OC)c1. The van der Waals surface area contributed by atoms with Crippen LogP contribution in [0.5, 0.6) is 17.2 Å². The molecule has 0 atom stereocenters. The van der Waals surface area contributed by atoms with E-state index >= 15 is 0 Å². The average Bonchev–Trinajstić information content (AvgIpc) is 2.76. The Morgan fingerprint density at radius 2 is 1.27 bits per heavy atom. The summed E-state index contributed by atoms with van der Waals surface area (Å²) in [5, 5.41) is 0. The first-order valence-electron chi connectivity index (χ1n) is 9.17. The normalized spacial score (nSPS) is 11.5. The van der Waals surface area contributed by atoms with Gasteiger partial charge in [0.2, 0.25) is 0 Å². The third kappa shape index (κ3) is 5.80. The highest BCUT2D eigenvalue weighted by Crippen LogP contribution is 2.29. The molecule has 0 unspecified atom stereocenters. The van der Waals surface area contributed by atoms with Gasteiger partial charge in [-0.25, -0.2) is 0 Å². The molecule has 3 aromatic carbocycles. The Kier molecular flexibility index (Phi) is 6.67. The lowest BCUT2D eigenvalue weighted by Gasteiger charge is -2.09. The Morgan fingerprint density at radius 1 is 0.700 bits per heavy atom. The van der Waals surface area contributed by atoms with Gasteiger partial charge in [0.15, 0.2) is 0 Å². The second-order valence-electron chi connectivity index (χ2n) is 6.53. The van der Waals surface area contributed by atoms with Gasteiger partial charge in [0.1, 0.15) is 23.9 Å². The molecule has 6 heteroatoms. The van der Waals surface area contributed by atoms with Crippen LogP contribution in [0.15, 0.2) is 66.7 Å². The summed E-state index contributed by atoms with van der Waals surface area (Å²) < 4.78 is 54.0. The fraction of sp³-hybridized carbons (Fsp3) is 0.167. The van der Waals surface area contributed by atoms with Crippen molar-refractivity contribution in [3.05, 3.63) is 89.0 Å². The third-order valence-corrected chi connectivity index (χ3v) is 4.41. The second kappa shape index (κ2) is 9.39. The summed E-state index contributed by atoms with van der Waals surface area (Å²) >= 11 is 0. The number of rotatable bonds is 7. The summed E-state index contributed by atoms with van der Waals surface area (Å²) in [5.41, 5.74) is 1.91. The molecule has 0 heterocycles. The average molecular weight is 414 g/mol. The summed E-state index contributed by atoms with van der Waals surface area (Å²) in [6, 6.07) is 18.0. The van der Waals surface area contributed by atoms with E-state index in [1.165, 1.54) is 12.1 Å². The van der Waals surface area contributed by atoms with Crippen molar-refractivity contribution in [2.24, 2.45) is 0 Å². The molecule has 0 aromatic heterocycles. The lowest BCUT2D eigenvalue weighted by Crippen LogP contribution is -2.05. The van der Waals surface area contributed by atoms with E-state index in [4.69, 9.17) is 14.2 Å². The highest BCUT2D eigenvalue weighted by molar-refractivity contribution is 5.71. The Hall–Kier alpha value is -3.41. The zero-order valence-corrected chi connectivity index (χ0v) is 16.6. The molecule has 0 radical (unpaired) electrons. The number of ether oxygens (including phenoxy) is 3. The van der Waals surface area contributed by atoms with Crippen LogP contribution >= 0.6 is 0 Å². The topological polar surface area (TPSA) is 27.7 Å². The number of benzene rings is 3. The summed E-state index contributed by atoms with van der Waals surface area (Å²) in [7, 11) is 3.21. The Bertz CT molecular complexity index is 969. The van der Waals surface area contributed by atoms with Crippen molar-refractivity contribution in [3.63, 3.8) is 0 Å². The zero-order chi connectivity index (χ0) is 21.6. The van der Waals surface area contributed by atoms with Crippen LogP contribution in [0, 0.1) is 0 Å². The van der Waals surface area contributed by atoms with Gasteiger partial charge in [0.25, 0.3) is 0 Å². The fourth-order valence-electron chi connectivity index (χ4n) is 2.75. The smallest absolute Gasteiger partial charge is 0.416 e. The molecule has 0 saturated heterocycles. The van der Waals surface area contributed by atoms with Crippen LogP contribution in [0.25, 0.3) is 12.2 Å². The zero-order valence-electron chi connectivity index (χ0n) is 16.6. The van der Waals surface area contributed by atoms with Crippen molar-refractivity contribution < 1.29 is 27.4 Å². The third-order valence-electron chi connectivity index (χ3n) is 4.41. The van der Waals surface area contributed by atoms with E-state index < -0.39 is 11.7 Å². The molecule has 3 rings (SSSR count). The van der Waals surface area contributed by atoms with Crippen LogP contribution in [0.4, 0.5) is 13.2 Å². The highest BCUT2D eigenvalue weighted by atomic mass is 19.4. The van der Waals surface area contributed by atoms with Gasteiger partial charge in [-0.05, 0) is 53.1 Å². The van der Waals surface area contributed by atoms with Crippen LogP contribution in [0.1, 0.15) is 22.3 Å². The maximum atomic E-state index is 12.6. The second-order valence-corrected chi connectivity index (χ2v) is 6.53. The molecule has 0 aliphatic carbocycles. The van der Waals surface area contributed by atoms with E-state index in [1.54, 1.807) is 20.3 Å². The van der Waals surface area contributed by atoms with Gasteiger partial charge >= 0.3 is 6.18 Å². The van der Waals surface area contributed by atoms with Crippen molar-refractivity contribution in [2.45, 2.75) is 12.8 Å². The fourth-order valence-corrected chi connectivity index (χ4v) is 2.75. The molecule has 0 fully saturated rings. The molecule has 0 N–H and O–H groups in total. The highest BCUT2D eigenvalue weighted by Gasteiger charge is 2.29. The molecule has 0 aliphatic rings. The monoisotopic (exact) mass is 414 g/mol. The molecule has 30 heavy (non-hydrogen) atoms. The standard InChI is InChI=1S/C24H21F3O3/c1-28-22-13-19(14-23(15-22)29-2)4-3-17-7-11-21(12-8-17)30-16-18-5-9-20(10-6-18)24(25,26)27/h3-15H,16H2,1-2H3/b4-3+. The minimum atomic E-state index is -4.33. The van der Waals surface area contributed by atoms with E-state index in [-0.39, 0.29) is 6.61 Å². The molecule has 0 spiro atoms. The van der Waals surface area contributed by atoms with Crippen LogP contribution in [0.3, 0.4) is 0 Å². The number of methoxy groups -OCH3 is 2. The lowest BCUT2D eigenvalue weighted by molar-refractivity contribution is -0.137. The van der Waals surface area contributed by atoms with Crippen LogP contribution in [-0.4, -0.2) is 14.2 Å². The van der Waals surface area contributed by atoms with Crippen molar-refractivity contribution in [1.29, 1.82) is 0 Å². The van der Waals surface area contributed by atoms with Crippen LogP contribution < -0.4 is 14.2 Å². The largest absolute Gasteiger partial charge is 0.497 e. The van der Waals surface area contributed by atoms with Gasteiger partial charge in [0, 0.05) is 6.07 Å². The number of hydrogen-bond acceptors (Lipinski definition) is 3. The van der Waals surface area contributed by atoms with Gasteiger partial charge < -0.3 is 14.2 Å². The molecular weight excluding hydrogens is 393 g/mol. The minimum absolute atomic E-state index is 0.191. The van der Waals surface area contributed by atoms with Gasteiger partial charge in [-0.3, -0.25) is 0 Å². The summed E-state index contributed by atoms with van der Waals surface area (Å²) in [6.07, 6.45) is -0.435. The van der Waals surface area contributed by atoms with E-state index in [2.05, 4.69) is 0 Å². The maximum Gasteiger partial charge on any atom is 0.416 e. The minimum Gasteiger partial charge on any atom is -0.497 e. The van der Waals surface area contributed by atoms with Crippen molar-refractivity contribution in [1.82, 2.24) is 0 Å². The van der Waals surface area contributed by atoms with Crippen molar-refractivity contribution >= 4 is 12.2 Å². The molecule has 0 aliphatic heterocycles.